The number of rotatable bonds is 5. The number of nitrogen functional groups attached to an aromatic ring is 1. The highest BCUT2D eigenvalue weighted by molar-refractivity contribution is 5.62. The lowest BCUT2D eigenvalue weighted by molar-refractivity contribution is 0.244. The van der Waals surface area contributed by atoms with Crippen LogP contribution in [-0.4, -0.2) is 19.2 Å². The Labute approximate surface area is 129 Å². The van der Waals surface area contributed by atoms with Gasteiger partial charge in [-0.2, -0.15) is 0 Å². The van der Waals surface area contributed by atoms with Gasteiger partial charge in [0.2, 0.25) is 0 Å². The first-order chi connectivity index (χ1) is 10.1. The summed E-state index contributed by atoms with van der Waals surface area (Å²) < 4.78 is 5.82. The van der Waals surface area contributed by atoms with Crippen molar-refractivity contribution < 1.29 is 4.74 Å². The van der Waals surface area contributed by atoms with Crippen LogP contribution in [0.25, 0.3) is 0 Å². The lowest BCUT2D eigenvalue weighted by atomic mass is 9.96. The van der Waals surface area contributed by atoms with Crippen molar-refractivity contribution in [1.29, 1.82) is 0 Å². The van der Waals surface area contributed by atoms with E-state index in [4.69, 9.17) is 10.5 Å². The molecule has 1 unspecified atom stereocenters. The molecule has 3 heteroatoms. The van der Waals surface area contributed by atoms with Gasteiger partial charge in [-0.3, -0.25) is 0 Å². The molecule has 1 heterocycles. The topological polar surface area (TPSA) is 38.5 Å². The van der Waals surface area contributed by atoms with Crippen molar-refractivity contribution in [3.63, 3.8) is 0 Å². The first-order valence-corrected chi connectivity index (χ1v) is 8.41. The third kappa shape index (κ3) is 4.55. The lowest BCUT2D eigenvalue weighted by Crippen LogP contribution is -2.24. The van der Waals surface area contributed by atoms with Crippen molar-refractivity contribution in [2.45, 2.75) is 59.0 Å². The Morgan fingerprint density at radius 3 is 2.81 bits per heavy atom. The van der Waals surface area contributed by atoms with Crippen molar-refractivity contribution in [2.75, 3.05) is 23.7 Å². The third-order valence-electron chi connectivity index (χ3n) is 4.27. The number of nitrogens with two attached hydrogens (primary N) is 1. The summed E-state index contributed by atoms with van der Waals surface area (Å²) in [7, 11) is 0. The van der Waals surface area contributed by atoms with Gasteiger partial charge < -0.3 is 15.4 Å². The second-order valence-corrected chi connectivity index (χ2v) is 6.46. The van der Waals surface area contributed by atoms with Crippen molar-refractivity contribution in [3.8, 4) is 5.75 Å². The van der Waals surface area contributed by atoms with Crippen LogP contribution in [0.1, 0.15) is 52.9 Å². The van der Waals surface area contributed by atoms with E-state index in [0.29, 0.717) is 0 Å². The van der Waals surface area contributed by atoms with Gasteiger partial charge in [0.15, 0.2) is 0 Å². The highest BCUT2D eigenvalue weighted by Crippen LogP contribution is 2.31. The highest BCUT2D eigenvalue weighted by atomic mass is 16.5. The molecule has 1 atom stereocenters. The standard InChI is InChI=1S/C18H30N2O/c1-4-6-15-7-5-11-20(12-10-15)16-8-9-17(19)18(13-16)21-14(2)3/h8-9,13-15H,4-7,10-12,19H2,1-3H3. The van der Waals surface area contributed by atoms with E-state index in [1.165, 1.54) is 37.8 Å². The van der Waals surface area contributed by atoms with Gasteiger partial charge in [0.1, 0.15) is 5.75 Å². The fourth-order valence-electron chi connectivity index (χ4n) is 3.20. The molecule has 0 aliphatic carbocycles. The van der Waals surface area contributed by atoms with Crippen LogP contribution in [0.15, 0.2) is 18.2 Å². The van der Waals surface area contributed by atoms with Crippen LogP contribution in [0.3, 0.4) is 0 Å². The van der Waals surface area contributed by atoms with Gasteiger partial charge in [-0.25, -0.2) is 0 Å². The number of nitrogens with zero attached hydrogens (tertiary/aromatic N) is 1. The Balaban J connectivity index is 2.07. The summed E-state index contributed by atoms with van der Waals surface area (Å²) in [6, 6.07) is 6.21. The van der Waals surface area contributed by atoms with Crippen LogP contribution in [0, 0.1) is 5.92 Å². The number of benzene rings is 1. The number of hydrogen-bond donors (Lipinski definition) is 1. The minimum atomic E-state index is 0.153. The Kier molecular flexibility index (Phi) is 5.77. The average molecular weight is 290 g/mol. The zero-order chi connectivity index (χ0) is 15.2. The summed E-state index contributed by atoms with van der Waals surface area (Å²) in [4.78, 5) is 2.49. The summed E-state index contributed by atoms with van der Waals surface area (Å²) in [6.07, 6.45) is 6.79. The molecule has 3 nitrogen and oxygen atoms in total. The predicted molar refractivity (Wildman–Crippen MR) is 91.1 cm³/mol. The minimum Gasteiger partial charge on any atom is -0.489 e. The van der Waals surface area contributed by atoms with Gasteiger partial charge in [0, 0.05) is 24.8 Å². The number of ether oxygens (including phenoxy) is 1. The maximum Gasteiger partial charge on any atom is 0.144 e. The molecule has 0 saturated carbocycles. The molecule has 118 valence electrons. The fourth-order valence-corrected chi connectivity index (χ4v) is 3.20. The Bertz CT molecular complexity index is 445. The van der Waals surface area contributed by atoms with Crippen LogP contribution < -0.4 is 15.4 Å². The molecule has 21 heavy (non-hydrogen) atoms. The summed E-state index contributed by atoms with van der Waals surface area (Å²) in [5.41, 5.74) is 7.99. The van der Waals surface area contributed by atoms with Crippen LogP contribution in [0.2, 0.25) is 0 Å². The molecule has 1 saturated heterocycles. The van der Waals surface area contributed by atoms with Gasteiger partial charge in [-0.15, -0.1) is 0 Å². The molecule has 1 aromatic carbocycles. The smallest absolute Gasteiger partial charge is 0.144 e. The van der Waals surface area contributed by atoms with Gasteiger partial charge in [-0.05, 0) is 51.2 Å². The summed E-state index contributed by atoms with van der Waals surface area (Å²) >= 11 is 0. The minimum absolute atomic E-state index is 0.153. The van der Waals surface area contributed by atoms with E-state index in [-0.39, 0.29) is 6.10 Å². The monoisotopic (exact) mass is 290 g/mol. The molecule has 1 fully saturated rings. The number of hydrogen-bond acceptors (Lipinski definition) is 3. The van der Waals surface area contributed by atoms with E-state index >= 15 is 0 Å². The van der Waals surface area contributed by atoms with Crippen molar-refractivity contribution in [2.24, 2.45) is 5.92 Å². The zero-order valence-corrected chi connectivity index (χ0v) is 13.8. The quantitative estimate of drug-likeness (QED) is 0.814. The molecule has 1 aliphatic heterocycles. The molecule has 1 aromatic rings. The van der Waals surface area contributed by atoms with E-state index < -0.39 is 0 Å². The highest BCUT2D eigenvalue weighted by Gasteiger charge is 2.17. The van der Waals surface area contributed by atoms with Crippen molar-refractivity contribution >= 4 is 11.4 Å². The predicted octanol–water partition coefficient (Wildman–Crippen LogP) is 4.46. The second-order valence-electron chi connectivity index (χ2n) is 6.46. The van der Waals surface area contributed by atoms with Gasteiger partial charge in [0.25, 0.3) is 0 Å². The normalized spacial score (nSPS) is 19.6. The van der Waals surface area contributed by atoms with Crippen LogP contribution in [0.5, 0.6) is 5.75 Å². The SMILES string of the molecule is CCCC1CCCN(c2ccc(N)c(OC(C)C)c2)CC1. The molecular weight excluding hydrogens is 260 g/mol. The van der Waals surface area contributed by atoms with Crippen molar-refractivity contribution in [3.05, 3.63) is 18.2 Å². The molecule has 2 N–H and O–H groups in total. The van der Waals surface area contributed by atoms with Crippen LogP contribution >= 0.6 is 0 Å². The average Bonchev–Trinajstić information content (AvgIpc) is 2.67. The van der Waals surface area contributed by atoms with Crippen molar-refractivity contribution in [1.82, 2.24) is 0 Å². The van der Waals surface area contributed by atoms with E-state index in [0.717, 1.165) is 30.4 Å². The molecule has 0 spiro atoms. The van der Waals surface area contributed by atoms with Crippen LogP contribution in [-0.2, 0) is 0 Å². The molecule has 0 amide bonds. The molecule has 0 bridgehead atoms. The zero-order valence-electron chi connectivity index (χ0n) is 13.8. The van der Waals surface area contributed by atoms with Gasteiger partial charge in [-0.1, -0.05) is 19.8 Å². The first-order valence-electron chi connectivity index (χ1n) is 8.41. The lowest BCUT2D eigenvalue weighted by Gasteiger charge is -2.24. The summed E-state index contributed by atoms with van der Waals surface area (Å²) in [6.45, 7) is 8.65. The van der Waals surface area contributed by atoms with E-state index in [2.05, 4.69) is 24.0 Å². The van der Waals surface area contributed by atoms with Crippen LogP contribution in [0.4, 0.5) is 11.4 Å². The largest absolute Gasteiger partial charge is 0.489 e. The Hall–Kier alpha value is -1.38. The summed E-state index contributed by atoms with van der Waals surface area (Å²) in [5.74, 6) is 1.72. The van der Waals surface area contributed by atoms with Gasteiger partial charge >= 0.3 is 0 Å². The molecule has 2 rings (SSSR count). The summed E-state index contributed by atoms with van der Waals surface area (Å²) in [5, 5.41) is 0. The van der Waals surface area contributed by atoms with E-state index in [1.54, 1.807) is 0 Å². The van der Waals surface area contributed by atoms with E-state index in [9.17, 15) is 0 Å². The molecule has 1 aliphatic rings. The second kappa shape index (κ2) is 7.58. The van der Waals surface area contributed by atoms with Gasteiger partial charge in [0.05, 0.1) is 11.8 Å². The Morgan fingerprint density at radius 2 is 2.10 bits per heavy atom. The number of anilines is 2. The maximum atomic E-state index is 6.02. The van der Waals surface area contributed by atoms with E-state index in [1.807, 2.05) is 19.9 Å². The molecule has 0 radical (unpaired) electrons. The third-order valence-corrected chi connectivity index (χ3v) is 4.27. The Morgan fingerprint density at radius 1 is 1.29 bits per heavy atom. The molecule has 0 aromatic heterocycles. The first kappa shape index (κ1) is 16.0. The fraction of sp³-hybridized carbons (Fsp3) is 0.667. The maximum absolute atomic E-state index is 6.02. The molecular formula is C18H30N2O.